The summed E-state index contributed by atoms with van der Waals surface area (Å²) in [7, 11) is 0. The van der Waals surface area contributed by atoms with E-state index in [0.717, 1.165) is 24.7 Å². The number of nitrogens with one attached hydrogen (secondary N) is 1. The maximum absolute atomic E-state index is 4.52. The Kier molecular flexibility index (Phi) is 4.29. The van der Waals surface area contributed by atoms with E-state index in [4.69, 9.17) is 0 Å². The standard InChI is InChI=1S/C12H21N3S/c1-10(2)15-5-3-12(14-15)8-13-7-11-4-6-16-9-11/h3,5,10-11,13H,4,6-9H2,1-2H3. The number of aromatic nitrogens is 2. The Bertz CT molecular complexity index is 316. The van der Waals surface area contributed by atoms with Crippen LogP contribution in [0, 0.1) is 5.92 Å². The van der Waals surface area contributed by atoms with Gasteiger partial charge in [0.2, 0.25) is 0 Å². The first-order chi connectivity index (χ1) is 7.75. The third-order valence-electron chi connectivity index (χ3n) is 2.96. The summed E-state index contributed by atoms with van der Waals surface area (Å²) in [6.07, 6.45) is 3.44. The van der Waals surface area contributed by atoms with Crippen molar-refractivity contribution in [3.8, 4) is 0 Å². The summed E-state index contributed by atoms with van der Waals surface area (Å²) in [5, 5.41) is 8.03. The first-order valence-corrected chi connectivity index (χ1v) is 7.23. The van der Waals surface area contributed by atoms with E-state index in [9.17, 15) is 0 Å². The molecule has 0 amide bonds. The van der Waals surface area contributed by atoms with Crippen LogP contribution < -0.4 is 5.32 Å². The van der Waals surface area contributed by atoms with Crippen molar-refractivity contribution in [2.24, 2.45) is 5.92 Å². The van der Waals surface area contributed by atoms with Gasteiger partial charge in [0.25, 0.3) is 0 Å². The lowest BCUT2D eigenvalue weighted by Gasteiger charge is -2.08. The predicted octanol–water partition coefficient (Wildman–Crippen LogP) is 2.31. The van der Waals surface area contributed by atoms with Crippen LogP contribution in [0.5, 0.6) is 0 Å². The van der Waals surface area contributed by atoms with Crippen molar-refractivity contribution in [2.75, 3.05) is 18.1 Å². The molecule has 16 heavy (non-hydrogen) atoms. The monoisotopic (exact) mass is 239 g/mol. The molecular formula is C12H21N3S. The van der Waals surface area contributed by atoms with Gasteiger partial charge >= 0.3 is 0 Å². The Morgan fingerprint density at radius 3 is 3.12 bits per heavy atom. The Hall–Kier alpha value is -0.480. The van der Waals surface area contributed by atoms with Crippen LogP contribution in [0.2, 0.25) is 0 Å². The molecule has 1 fully saturated rings. The van der Waals surface area contributed by atoms with Crippen LogP contribution in [-0.4, -0.2) is 27.8 Å². The van der Waals surface area contributed by atoms with Gasteiger partial charge in [-0.2, -0.15) is 16.9 Å². The summed E-state index contributed by atoms with van der Waals surface area (Å²) in [5.74, 6) is 3.54. The number of hydrogen-bond donors (Lipinski definition) is 1. The lowest BCUT2D eigenvalue weighted by Crippen LogP contribution is -2.22. The Morgan fingerprint density at radius 1 is 1.62 bits per heavy atom. The van der Waals surface area contributed by atoms with Crippen molar-refractivity contribution in [1.82, 2.24) is 15.1 Å². The number of rotatable bonds is 5. The highest BCUT2D eigenvalue weighted by molar-refractivity contribution is 7.99. The minimum absolute atomic E-state index is 0.458. The summed E-state index contributed by atoms with van der Waals surface area (Å²) in [4.78, 5) is 0. The smallest absolute Gasteiger partial charge is 0.0762 e. The van der Waals surface area contributed by atoms with Crippen molar-refractivity contribution >= 4 is 11.8 Å². The lowest BCUT2D eigenvalue weighted by atomic mass is 10.1. The normalized spacial score (nSPS) is 20.8. The zero-order valence-corrected chi connectivity index (χ0v) is 11.0. The highest BCUT2D eigenvalue weighted by Gasteiger charge is 2.14. The molecule has 2 rings (SSSR count). The van der Waals surface area contributed by atoms with Crippen LogP contribution in [0.15, 0.2) is 12.3 Å². The van der Waals surface area contributed by atoms with E-state index >= 15 is 0 Å². The molecule has 90 valence electrons. The molecule has 1 atom stereocenters. The van der Waals surface area contributed by atoms with E-state index < -0.39 is 0 Å². The fourth-order valence-corrected chi connectivity index (χ4v) is 3.19. The van der Waals surface area contributed by atoms with E-state index in [1.807, 2.05) is 4.68 Å². The molecule has 1 aromatic rings. The van der Waals surface area contributed by atoms with Gasteiger partial charge in [-0.15, -0.1) is 0 Å². The second-order valence-corrected chi connectivity index (χ2v) is 5.89. The molecule has 2 heterocycles. The maximum atomic E-state index is 4.52. The molecule has 0 spiro atoms. The van der Waals surface area contributed by atoms with Gasteiger partial charge in [0.15, 0.2) is 0 Å². The maximum Gasteiger partial charge on any atom is 0.0762 e. The van der Waals surface area contributed by atoms with E-state index in [0.29, 0.717) is 6.04 Å². The topological polar surface area (TPSA) is 29.9 Å². The Balaban J connectivity index is 1.72. The molecule has 1 aliphatic heterocycles. The third-order valence-corrected chi connectivity index (χ3v) is 4.19. The van der Waals surface area contributed by atoms with E-state index in [-0.39, 0.29) is 0 Å². The molecule has 1 unspecified atom stereocenters. The molecular weight excluding hydrogens is 218 g/mol. The molecule has 3 nitrogen and oxygen atoms in total. The third kappa shape index (κ3) is 3.25. The fourth-order valence-electron chi connectivity index (χ4n) is 1.91. The van der Waals surface area contributed by atoms with Crippen LogP contribution in [0.25, 0.3) is 0 Å². The van der Waals surface area contributed by atoms with Gasteiger partial charge in [-0.25, -0.2) is 0 Å². The highest BCUT2D eigenvalue weighted by atomic mass is 32.2. The van der Waals surface area contributed by atoms with Gasteiger partial charge in [-0.3, -0.25) is 4.68 Å². The molecule has 1 aromatic heterocycles. The van der Waals surface area contributed by atoms with Crippen LogP contribution >= 0.6 is 11.8 Å². The molecule has 0 aromatic carbocycles. The van der Waals surface area contributed by atoms with Crippen LogP contribution in [0.3, 0.4) is 0 Å². The second-order valence-electron chi connectivity index (χ2n) is 4.74. The Labute approximate surface area is 102 Å². The minimum Gasteiger partial charge on any atom is -0.311 e. The quantitative estimate of drug-likeness (QED) is 0.855. The molecule has 0 radical (unpaired) electrons. The largest absolute Gasteiger partial charge is 0.311 e. The first kappa shape index (κ1) is 12.0. The number of nitrogens with zero attached hydrogens (tertiary/aromatic N) is 2. The van der Waals surface area contributed by atoms with Crippen LogP contribution in [0.4, 0.5) is 0 Å². The molecule has 0 saturated carbocycles. The van der Waals surface area contributed by atoms with E-state index in [1.54, 1.807) is 0 Å². The van der Waals surface area contributed by atoms with Crippen LogP contribution in [-0.2, 0) is 6.54 Å². The fraction of sp³-hybridized carbons (Fsp3) is 0.750. The van der Waals surface area contributed by atoms with Gasteiger partial charge in [-0.05, 0) is 50.3 Å². The molecule has 0 bridgehead atoms. The summed E-state index contributed by atoms with van der Waals surface area (Å²) < 4.78 is 2.02. The molecule has 1 aliphatic rings. The molecule has 1 N–H and O–H groups in total. The minimum atomic E-state index is 0.458. The van der Waals surface area contributed by atoms with Crippen molar-refractivity contribution < 1.29 is 0 Å². The van der Waals surface area contributed by atoms with Gasteiger partial charge in [0.05, 0.1) is 5.69 Å². The first-order valence-electron chi connectivity index (χ1n) is 6.08. The summed E-state index contributed by atoms with van der Waals surface area (Å²) in [6, 6.07) is 2.57. The molecule has 1 saturated heterocycles. The van der Waals surface area contributed by atoms with Crippen molar-refractivity contribution in [2.45, 2.75) is 32.9 Å². The number of thioether (sulfide) groups is 1. The highest BCUT2D eigenvalue weighted by Crippen LogP contribution is 2.22. The lowest BCUT2D eigenvalue weighted by molar-refractivity contribution is 0.501. The second kappa shape index (κ2) is 5.73. The zero-order valence-electron chi connectivity index (χ0n) is 10.1. The van der Waals surface area contributed by atoms with Gasteiger partial charge in [0.1, 0.15) is 0 Å². The molecule has 0 aliphatic carbocycles. The summed E-state index contributed by atoms with van der Waals surface area (Å²) in [6.45, 7) is 6.35. The van der Waals surface area contributed by atoms with Gasteiger partial charge in [-0.1, -0.05) is 0 Å². The molecule has 4 heteroatoms. The Morgan fingerprint density at radius 2 is 2.50 bits per heavy atom. The average molecular weight is 239 g/mol. The zero-order chi connectivity index (χ0) is 11.4. The van der Waals surface area contributed by atoms with Crippen molar-refractivity contribution in [3.63, 3.8) is 0 Å². The average Bonchev–Trinajstić information content (AvgIpc) is 2.87. The van der Waals surface area contributed by atoms with Crippen molar-refractivity contribution in [3.05, 3.63) is 18.0 Å². The van der Waals surface area contributed by atoms with Gasteiger partial charge < -0.3 is 5.32 Å². The van der Waals surface area contributed by atoms with Gasteiger partial charge in [0, 0.05) is 18.8 Å². The van der Waals surface area contributed by atoms with Crippen LogP contribution in [0.1, 0.15) is 32.0 Å². The summed E-state index contributed by atoms with van der Waals surface area (Å²) in [5.41, 5.74) is 1.15. The van der Waals surface area contributed by atoms with Crippen molar-refractivity contribution in [1.29, 1.82) is 0 Å². The predicted molar refractivity (Wildman–Crippen MR) is 69.8 cm³/mol. The summed E-state index contributed by atoms with van der Waals surface area (Å²) >= 11 is 2.08. The van der Waals surface area contributed by atoms with E-state index in [2.05, 4.69) is 48.3 Å². The number of hydrogen-bond acceptors (Lipinski definition) is 3. The SMILES string of the molecule is CC(C)n1ccc(CNCC2CCSC2)n1. The van der Waals surface area contributed by atoms with E-state index in [1.165, 1.54) is 17.9 Å².